The topological polar surface area (TPSA) is 17.8 Å². The molecule has 1 aromatic heterocycles. The first-order valence-electron chi connectivity index (χ1n) is 7.07. The standard InChI is InChI=1S/C17H16ClFN2/c1-2-5-17-20-15-6-3-4-7-16(15)21(17)11-12-10-13(19)8-9-14(12)18/h3-4,6-10H,2,5,11H2,1H3. The van der Waals surface area contributed by atoms with E-state index in [0.717, 1.165) is 35.3 Å². The van der Waals surface area contributed by atoms with E-state index in [-0.39, 0.29) is 5.82 Å². The minimum Gasteiger partial charge on any atom is -0.323 e. The second kappa shape index (κ2) is 5.86. The van der Waals surface area contributed by atoms with Crippen LogP contribution in [0.2, 0.25) is 5.02 Å². The average molecular weight is 303 g/mol. The number of benzene rings is 2. The third-order valence-electron chi connectivity index (χ3n) is 3.54. The Balaban J connectivity index is 2.10. The van der Waals surface area contributed by atoms with Gasteiger partial charge in [0, 0.05) is 11.4 Å². The van der Waals surface area contributed by atoms with Gasteiger partial charge < -0.3 is 4.57 Å². The molecule has 0 aliphatic rings. The van der Waals surface area contributed by atoms with Gasteiger partial charge in [0.15, 0.2) is 0 Å². The second-order valence-corrected chi connectivity index (χ2v) is 5.50. The predicted octanol–water partition coefficient (Wildman–Crippen LogP) is 4.83. The highest BCUT2D eigenvalue weighted by Gasteiger charge is 2.12. The summed E-state index contributed by atoms with van der Waals surface area (Å²) in [6.45, 7) is 2.66. The van der Waals surface area contributed by atoms with Crippen molar-refractivity contribution in [2.45, 2.75) is 26.3 Å². The predicted molar refractivity (Wildman–Crippen MR) is 84.2 cm³/mol. The van der Waals surface area contributed by atoms with Crippen LogP contribution in [-0.2, 0) is 13.0 Å². The van der Waals surface area contributed by atoms with Crippen molar-refractivity contribution in [1.29, 1.82) is 0 Å². The highest BCUT2D eigenvalue weighted by Crippen LogP contribution is 2.23. The van der Waals surface area contributed by atoms with Gasteiger partial charge in [-0.1, -0.05) is 30.7 Å². The normalized spacial score (nSPS) is 11.2. The molecule has 0 saturated carbocycles. The van der Waals surface area contributed by atoms with Crippen LogP contribution >= 0.6 is 11.6 Å². The third-order valence-corrected chi connectivity index (χ3v) is 3.91. The van der Waals surface area contributed by atoms with E-state index < -0.39 is 0 Å². The molecule has 0 unspecified atom stereocenters. The minimum atomic E-state index is -0.268. The number of halogens is 2. The van der Waals surface area contributed by atoms with E-state index in [1.54, 1.807) is 6.07 Å². The van der Waals surface area contributed by atoms with Crippen LogP contribution in [-0.4, -0.2) is 9.55 Å². The first kappa shape index (κ1) is 14.1. The second-order valence-electron chi connectivity index (χ2n) is 5.09. The van der Waals surface area contributed by atoms with Crippen molar-refractivity contribution >= 4 is 22.6 Å². The maximum Gasteiger partial charge on any atom is 0.123 e. The van der Waals surface area contributed by atoms with E-state index in [0.29, 0.717) is 11.6 Å². The largest absolute Gasteiger partial charge is 0.323 e. The molecule has 3 rings (SSSR count). The van der Waals surface area contributed by atoms with Crippen molar-refractivity contribution < 1.29 is 4.39 Å². The molecule has 1 heterocycles. The Morgan fingerprint density at radius 1 is 1.19 bits per heavy atom. The molecule has 0 amide bonds. The SMILES string of the molecule is CCCc1nc2ccccc2n1Cc1cc(F)ccc1Cl. The van der Waals surface area contributed by atoms with Crippen LogP contribution in [0.1, 0.15) is 24.7 Å². The van der Waals surface area contributed by atoms with E-state index in [4.69, 9.17) is 11.6 Å². The number of aromatic nitrogens is 2. The zero-order valence-corrected chi connectivity index (χ0v) is 12.6. The third kappa shape index (κ3) is 2.79. The summed E-state index contributed by atoms with van der Waals surface area (Å²) in [6.07, 6.45) is 1.90. The summed E-state index contributed by atoms with van der Waals surface area (Å²) in [5.41, 5.74) is 2.80. The fraction of sp³-hybridized carbons (Fsp3) is 0.235. The summed E-state index contributed by atoms with van der Waals surface area (Å²) in [5.74, 6) is 0.745. The number of fused-ring (bicyclic) bond motifs is 1. The van der Waals surface area contributed by atoms with Gasteiger partial charge in [-0.05, 0) is 42.3 Å². The van der Waals surface area contributed by atoms with Gasteiger partial charge in [-0.15, -0.1) is 0 Å². The molecule has 0 saturated heterocycles. The number of hydrogen-bond acceptors (Lipinski definition) is 1. The molecular weight excluding hydrogens is 287 g/mol. The van der Waals surface area contributed by atoms with Crippen LogP contribution in [0.3, 0.4) is 0 Å². The molecule has 21 heavy (non-hydrogen) atoms. The zero-order chi connectivity index (χ0) is 14.8. The number of imidazole rings is 1. The summed E-state index contributed by atoms with van der Waals surface area (Å²) in [7, 11) is 0. The lowest BCUT2D eigenvalue weighted by molar-refractivity contribution is 0.622. The molecule has 0 aliphatic heterocycles. The van der Waals surface area contributed by atoms with Gasteiger partial charge in [-0.25, -0.2) is 9.37 Å². The zero-order valence-electron chi connectivity index (χ0n) is 11.8. The summed E-state index contributed by atoms with van der Waals surface area (Å²) in [6, 6.07) is 12.5. The van der Waals surface area contributed by atoms with Gasteiger partial charge in [0.05, 0.1) is 17.6 Å². The Morgan fingerprint density at radius 3 is 2.81 bits per heavy atom. The fourth-order valence-electron chi connectivity index (χ4n) is 2.55. The molecular formula is C17H16ClFN2. The lowest BCUT2D eigenvalue weighted by Crippen LogP contribution is -2.06. The maximum atomic E-state index is 13.5. The Bertz CT molecular complexity index is 780. The first-order chi connectivity index (χ1) is 10.2. The number of para-hydroxylation sites is 2. The molecule has 0 bridgehead atoms. The van der Waals surface area contributed by atoms with Crippen molar-refractivity contribution in [2.75, 3.05) is 0 Å². The summed E-state index contributed by atoms with van der Waals surface area (Å²) < 4.78 is 15.6. The maximum absolute atomic E-state index is 13.5. The van der Waals surface area contributed by atoms with Gasteiger partial charge in [0.2, 0.25) is 0 Å². The van der Waals surface area contributed by atoms with E-state index in [2.05, 4.69) is 16.5 Å². The molecule has 2 aromatic carbocycles. The molecule has 2 nitrogen and oxygen atoms in total. The van der Waals surface area contributed by atoms with Crippen LogP contribution in [0.4, 0.5) is 4.39 Å². The molecule has 108 valence electrons. The highest BCUT2D eigenvalue weighted by molar-refractivity contribution is 6.31. The molecule has 0 fully saturated rings. The van der Waals surface area contributed by atoms with E-state index >= 15 is 0 Å². The summed E-state index contributed by atoms with van der Waals surface area (Å²) in [5, 5.41) is 0.580. The van der Waals surface area contributed by atoms with Crippen molar-refractivity contribution in [2.24, 2.45) is 0 Å². The lowest BCUT2D eigenvalue weighted by Gasteiger charge is -2.10. The van der Waals surface area contributed by atoms with Gasteiger partial charge in [-0.3, -0.25) is 0 Å². The van der Waals surface area contributed by atoms with Crippen LogP contribution in [0, 0.1) is 5.82 Å². The van der Waals surface area contributed by atoms with Crippen molar-refractivity contribution in [3.05, 3.63) is 64.7 Å². The quantitative estimate of drug-likeness (QED) is 0.675. The van der Waals surface area contributed by atoms with Crippen LogP contribution in [0.15, 0.2) is 42.5 Å². The van der Waals surface area contributed by atoms with E-state index in [9.17, 15) is 4.39 Å². The van der Waals surface area contributed by atoms with Gasteiger partial charge in [0.1, 0.15) is 11.6 Å². The van der Waals surface area contributed by atoms with Crippen molar-refractivity contribution in [3.63, 3.8) is 0 Å². The summed E-state index contributed by atoms with van der Waals surface area (Å²) >= 11 is 6.19. The fourth-order valence-corrected chi connectivity index (χ4v) is 2.73. The monoisotopic (exact) mass is 302 g/mol. The van der Waals surface area contributed by atoms with Gasteiger partial charge >= 0.3 is 0 Å². The first-order valence-corrected chi connectivity index (χ1v) is 7.45. The van der Waals surface area contributed by atoms with Crippen molar-refractivity contribution in [1.82, 2.24) is 9.55 Å². The Hall–Kier alpha value is -1.87. The van der Waals surface area contributed by atoms with Gasteiger partial charge in [-0.2, -0.15) is 0 Å². The molecule has 4 heteroatoms. The molecule has 0 atom stereocenters. The number of aryl methyl sites for hydroxylation is 1. The average Bonchev–Trinajstić information content (AvgIpc) is 2.81. The lowest BCUT2D eigenvalue weighted by atomic mass is 10.2. The number of nitrogens with zero attached hydrogens (tertiary/aromatic N) is 2. The molecule has 0 N–H and O–H groups in total. The number of hydrogen-bond donors (Lipinski definition) is 0. The molecule has 0 radical (unpaired) electrons. The Labute approximate surface area is 128 Å². The summed E-state index contributed by atoms with van der Waals surface area (Å²) in [4.78, 5) is 4.68. The van der Waals surface area contributed by atoms with Crippen LogP contribution < -0.4 is 0 Å². The molecule has 3 aromatic rings. The smallest absolute Gasteiger partial charge is 0.123 e. The van der Waals surface area contributed by atoms with Crippen LogP contribution in [0.25, 0.3) is 11.0 Å². The Kier molecular flexibility index (Phi) is 3.93. The molecule has 0 aliphatic carbocycles. The minimum absolute atomic E-state index is 0.268. The highest BCUT2D eigenvalue weighted by atomic mass is 35.5. The van der Waals surface area contributed by atoms with E-state index in [1.807, 2.05) is 24.3 Å². The van der Waals surface area contributed by atoms with Crippen molar-refractivity contribution in [3.8, 4) is 0 Å². The Morgan fingerprint density at radius 2 is 2.00 bits per heavy atom. The van der Waals surface area contributed by atoms with E-state index in [1.165, 1.54) is 12.1 Å². The molecule has 0 spiro atoms. The van der Waals surface area contributed by atoms with Crippen LogP contribution in [0.5, 0.6) is 0 Å². The number of rotatable bonds is 4. The van der Waals surface area contributed by atoms with Gasteiger partial charge in [0.25, 0.3) is 0 Å².